The molecule has 1 heterocycles. The van der Waals surface area contributed by atoms with E-state index in [0.29, 0.717) is 18.4 Å². The summed E-state index contributed by atoms with van der Waals surface area (Å²) in [6.45, 7) is 0.886. The largest absolute Gasteiger partial charge is 0.384 e. The Morgan fingerprint density at radius 2 is 2.06 bits per heavy atom. The first-order chi connectivity index (χ1) is 8.83. The molecule has 2 aliphatic rings. The fourth-order valence-corrected chi connectivity index (χ4v) is 3.12. The van der Waals surface area contributed by atoms with Crippen molar-refractivity contribution < 1.29 is 4.79 Å². The molecular formula is C15H20N2O. The van der Waals surface area contributed by atoms with Gasteiger partial charge in [-0.25, -0.2) is 0 Å². The number of para-hydroxylation sites is 1. The summed E-state index contributed by atoms with van der Waals surface area (Å²) in [6.07, 6.45) is 5.45. The first-order valence-electron chi connectivity index (χ1n) is 6.95. The number of fused-ring (bicyclic) bond motifs is 1. The molecule has 1 saturated carbocycles. The van der Waals surface area contributed by atoms with E-state index in [4.69, 9.17) is 0 Å². The third kappa shape index (κ3) is 2.35. The first kappa shape index (κ1) is 11.6. The van der Waals surface area contributed by atoms with E-state index in [1.54, 1.807) is 0 Å². The molecule has 0 bridgehead atoms. The number of amides is 1. The van der Waals surface area contributed by atoms with Crippen molar-refractivity contribution in [2.24, 2.45) is 0 Å². The maximum Gasteiger partial charge on any atom is 0.220 e. The van der Waals surface area contributed by atoms with Crippen molar-refractivity contribution in [2.45, 2.75) is 44.1 Å². The summed E-state index contributed by atoms with van der Waals surface area (Å²) in [5.41, 5.74) is 2.48. The summed E-state index contributed by atoms with van der Waals surface area (Å²) in [7, 11) is 0. The number of carbonyl (C=O) groups excluding carboxylic acids is 1. The van der Waals surface area contributed by atoms with E-state index in [1.165, 1.54) is 24.1 Å². The summed E-state index contributed by atoms with van der Waals surface area (Å²) in [4.78, 5) is 12.0. The molecular weight excluding hydrogens is 224 g/mol. The number of nitrogens with one attached hydrogen (secondary N) is 2. The summed E-state index contributed by atoms with van der Waals surface area (Å²) < 4.78 is 0. The molecule has 0 radical (unpaired) electrons. The molecule has 1 aromatic rings. The van der Waals surface area contributed by atoms with Gasteiger partial charge >= 0.3 is 0 Å². The smallest absolute Gasteiger partial charge is 0.220 e. The quantitative estimate of drug-likeness (QED) is 0.858. The van der Waals surface area contributed by atoms with E-state index < -0.39 is 0 Å². The van der Waals surface area contributed by atoms with Crippen LogP contribution in [0.1, 0.15) is 43.6 Å². The zero-order valence-electron chi connectivity index (χ0n) is 10.6. The Labute approximate surface area is 108 Å². The van der Waals surface area contributed by atoms with Crippen molar-refractivity contribution >= 4 is 11.6 Å². The standard InChI is InChI=1S/C15H20N2O/c18-15(17-12-5-1-2-6-12)9-11-10-16-14-8-4-3-7-13(11)14/h3-4,7-8,11-12,16H,1-2,5-6,9-10H2,(H,17,18). The number of carbonyl (C=O) groups is 1. The molecule has 1 aliphatic heterocycles. The molecule has 0 aromatic heterocycles. The van der Waals surface area contributed by atoms with Crippen LogP contribution in [0.2, 0.25) is 0 Å². The third-order valence-electron chi connectivity index (χ3n) is 4.09. The van der Waals surface area contributed by atoms with Gasteiger partial charge in [0, 0.05) is 30.6 Å². The zero-order valence-corrected chi connectivity index (χ0v) is 10.6. The topological polar surface area (TPSA) is 41.1 Å². The van der Waals surface area contributed by atoms with Crippen LogP contribution in [-0.4, -0.2) is 18.5 Å². The second kappa shape index (κ2) is 5.01. The molecule has 1 fully saturated rings. The number of hydrogen-bond acceptors (Lipinski definition) is 2. The van der Waals surface area contributed by atoms with Crippen LogP contribution in [0.25, 0.3) is 0 Å². The fourth-order valence-electron chi connectivity index (χ4n) is 3.12. The number of anilines is 1. The average Bonchev–Trinajstić information content (AvgIpc) is 3.00. The molecule has 2 N–H and O–H groups in total. The molecule has 1 atom stereocenters. The predicted octanol–water partition coefficient (Wildman–Crippen LogP) is 2.64. The van der Waals surface area contributed by atoms with Gasteiger partial charge in [0.25, 0.3) is 0 Å². The lowest BCUT2D eigenvalue weighted by Crippen LogP contribution is -2.33. The van der Waals surface area contributed by atoms with Gasteiger partial charge in [0.2, 0.25) is 5.91 Å². The summed E-state index contributed by atoms with van der Waals surface area (Å²) in [5, 5.41) is 6.54. The average molecular weight is 244 g/mol. The monoisotopic (exact) mass is 244 g/mol. The van der Waals surface area contributed by atoms with Gasteiger partial charge in [-0.05, 0) is 24.5 Å². The minimum absolute atomic E-state index is 0.213. The summed E-state index contributed by atoms with van der Waals surface area (Å²) in [6, 6.07) is 8.73. The van der Waals surface area contributed by atoms with E-state index in [0.717, 1.165) is 19.4 Å². The fraction of sp³-hybridized carbons (Fsp3) is 0.533. The molecule has 1 aromatic carbocycles. The van der Waals surface area contributed by atoms with Crippen molar-refractivity contribution in [2.75, 3.05) is 11.9 Å². The Hall–Kier alpha value is -1.51. The molecule has 18 heavy (non-hydrogen) atoms. The Balaban J connectivity index is 1.58. The van der Waals surface area contributed by atoms with Gasteiger partial charge in [-0.2, -0.15) is 0 Å². The Morgan fingerprint density at radius 1 is 1.28 bits per heavy atom. The van der Waals surface area contributed by atoms with Gasteiger partial charge in [0.05, 0.1) is 0 Å². The lowest BCUT2D eigenvalue weighted by molar-refractivity contribution is -0.122. The maximum absolute atomic E-state index is 12.0. The lowest BCUT2D eigenvalue weighted by Gasteiger charge is -2.14. The maximum atomic E-state index is 12.0. The van der Waals surface area contributed by atoms with Crippen LogP contribution >= 0.6 is 0 Å². The molecule has 3 nitrogen and oxygen atoms in total. The number of rotatable bonds is 3. The first-order valence-corrected chi connectivity index (χ1v) is 6.95. The van der Waals surface area contributed by atoms with Gasteiger partial charge in [0.15, 0.2) is 0 Å². The van der Waals surface area contributed by atoms with Crippen LogP contribution in [0.15, 0.2) is 24.3 Å². The lowest BCUT2D eigenvalue weighted by atomic mass is 9.97. The van der Waals surface area contributed by atoms with Crippen LogP contribution in [-0.2, 0) is 4.79 Å². The SMILES string of the molecule is O=C(CC1CNc2ccccc21)NC1CCCC1. The molecule has 0 saturated heterocycles. The van der Waals surface area contributed by atoms with Crippen molar-refractivity contribution in [1.82, 2.24) is 5.32 Å². The molecule has 0 spiro atoms. The van der Waals surface area contributed by atoms with Crippen LogP contribution < -0.4 is 10.6 Å². The third-order valence-corrected chi connectivity index (χ3v) is 4.09. The van der Waals surface area contributed by atoms with E-state index >= 15 is 0 Å². The van der Waals surface area contributed by atoms with Crippen LogP contribution in [0.5, 0.6) is 0 Å². The van der Waals surface area contributed by atoms with Gasteiger partial charge in [-0.15, -0.1) is 0 Å². The van der Waals surface area contributed by atoms with E-state index in [-0.39, 0.29) is 5.91 Å². The van der Waals surface area contributed by atoms with Gasteiger partial charge in [-0.1, -0.05) is 31.0 Å². The van der Waals surface area contributed by atoms with Crippen molar-refractivity contribution in [1.29, 1.82) is 0 Å². The highest BCUT2D eigenvalue weighted by molar-refractivity contribution is 5.78. The molecule has 96 valence electrons. The predicted molar refractivity (Wildman–Crippen MR) is 72.7 cm³/mol. The Morgan fingerprint density at radius 3 is 2.89 bits per heavy atom. The summed E-state index contributed by atoms with van der Waals surface area (Å²) in [5.74, 6) is 0.549. The summed E-state index contributed by atoms with van der Waals surface area (Å²) >= 11 is 0. The van der Waals surface area contributed by atoms with E-state index in [2.05, 4.69) is 22.8 Å². The highest BCUT2D eigenvalue weighted by Gasteiger charge is 2.25. The second-order valence-corrected chi connectivity index (χ2v) is 5.42. The molecule has 3 rings (SSSR count). The van der Waals surface area contributed by atoms with Gasteiger partial charge < -0.3 is 10.6 Å². The van der Waals surface area contributed by atoms with Gasteiger partial charge in [-0.3, -0.25) is 4.79 Å². The Kier molecular flexibility index (Phi) is 3.22. The second-order valence-electron chi connectivity index (χ2n) is 5.42. The van der Waals surface area contributed by atoms with E-state index in [9.17, 15) is 4.79 Å². The van der Waals surface area contributed by atoms with E-state index in [1.807, 2.05) is 12.1 Å². The van der Waals surface area contributed by atoms with Crippen molar-refractivity contribution in [3.63, 3.8) is 0 Å². The number of benzene rings is 1. The number of hydrogen-bond donors (Lipinski definition) is 2. The molecule has 3 heteroatoms. The van der Waals surface area contributed by atoms with Crippen LogP contribution in [0.4, 0.5) is 5.69 Å². The molecule has 1 aliphatic carbocycles. The highest BCUT2D eigenvalue weighted by Crippen LogP contribution is 2.33. The minimum Gasteiger partial charge on any atom is -0.384 e. The van der Waals surface area contributed by atoms with Gasteiger partial charge in [0.1, 0.15) is 0 Å². The molecule has 1 unspecified atom stereocenters. The van der Waals surface area contributed by atoms with Crippen molar-refractivity contribution in [3.8, 4) is 0 Å². The minimum atomic E-state index is 0.213. The Bertz CT molecular complexity index is 438. The van der Waals surface area contributed by atoms with Crippen LogP contribution in [0, 0.1) is 0 Å². The molecule has 1 amide bonds. The normalized spacial score (nSPS) is 22.6. The zero-order chi connectivity index (χ0) is 12.4. The highest BCUT2D eigenvalue weighted by atomic mass is 16.1. The van der Waals surface area contributed by atoms with Crippen LogP contribution in [0.3, 0.4) is 0 Å². The van der Waals surface area contributed by atoms with Crippen molar-refractivity contribution in [3.05, 3.63) is 29.8 Å².